The topological polar surface area (TPSA) is 81.0 Å². The van der Waals surface area contributed by atoms with Gasteiger partial charge in [-0.2, -0.15) is 5.10 Å². The Bertz CT molecular complexity index is 1090. The number of amides is 1. The van der Waals surface area contributed by atoms with Gasteiger partial charge in [-0.1, -0.05) is 6.07 Å². The molecule has 1 aliphatic heterocycles. The van der Waals surface area contributed by atoms with Crippen LogP contribution < -0.4 is 0 Å². The van der Waals surface area contributed by atoms with Gasteiger partial charge < -0.3 is 4.90 Å². The van der Waals surface area contributed by atoms with Crippen molar-refractivity contribution in [2.24, 2.45) is 11.8 Å². The number of ketones is 1. The van der Waals surface area contributed by atoms with Gasteiger partial charge in [0.2, 0.25) is 5.91 Å². The van der Waals surface area contributed by atoms with Crippen LogP contribution in [0.1, 0.15) is 29.7 Å². The first kappa shape index (κ1) is 17.0. The highest BCUT2D eigenvalue weighted by molar-refractivity contribution is 6.06. The van der Waals surface area contributed by atoms with E-state index in [4.69, 9.17) is 0 Å². The first-order valence-corrected chi connectivity index (χ1v) is 9.58. The van der Waals surface area contributed by atoms with E-state index in [-0.39, 0.29) is 18.2 Å². The maximum atomic E-state index is 12.7. The summed E-state index contributed by atoms with van der Waals surface area (Å²) in [6, 6.07) is 5.80. The van der Waals surface area contributed by atoms with E-state index in [2.05, 4.69) is 15.1 Å². The number of rotatable bonds is 4. The van der Waals surface area contributed by atoms with E-state index in [0.717, 1.165) is 35.1 Å². The van der Waals surface area contributed by atoms with Crippen LogP contribution in [0.4, 0.5) is 0 Å². The highest BCUT2D eigenvalue weighted by Gasteiger charge is 2.46. The molecule has 2 fully saturated rings. The maximum Gasteiger partial charge on any atom is 0.244 e. The summed E-state index contributed by atoms with van der Waals surface area (Å²) in [6.07, 6.45) is 4.79. The van der Waals surface area contributed by atoms with Gasteiger partial charge in [-0.05, 0) is 42.9 Å². The summed E-state index contributed by atoms with van der Waals surface area (Å²) in [4.78, 5) is 35.3. The highest BCUT2D eigenvalue weighted by atomic mass is 16.2. The Balaban J connectivity index is 1.50. The fraction of sp³-hybridized carbons (Fsp3) is 0.381. The number of benzene rings is 1. The molecule has 0 spiro atoms. The van der Waals surface area contributed by atoms with Crippen LogP contribution in [0.25, 0.3) is 22.0 Å². The molecule has 142 valence electrons. The summed E-state index contributed by atoms with van der Waals surface area (Å²) in [7, 11) is 0. The molecule has 1 aliphatic carbocycles. The van der Waals surface area contributed by atoms with E-state index >= 15 is 0 Å². The Morgan fingerprint density at radius 2 is 1.82 bits per heavy atom. The predicted octanol–water partition coefficient (Wildman–Crippen LogP) is 2.48. The van der Waals surface area contributed by atoms with Gasteiger partial charge >= 0.3 is 0 Å². The summed E-state index contributed by atoms with van der Waals surface area (Å²) in [5.74, 6) is 2.06. The van der Waals surface area contributed by atoms with Crippen LogP contribution in [0.15, 0.2) is 30.6 Å². The Morgan fingerprint density at radius 1 is 1.11 bits per heavy atom. The normalized spacial score (nSPS) is 20.4. The molecule has 2 atom stereocenters. The summed E-state index contributed by atoms with van der Waals surface area (Å²) >= 11 is 0. The molecule has 5 rings (SSSR count). The Morgan fingerprint density at radius 3 is 2.50 bits per heavy atom. The largest absolute Gasteiger partial charge is 0.341 e. The SMILES string of the molecule is CC(=O)c1nn(CC(=O)N2C[C@H]3C[C@H]3C2)c2ccc(-c3cnc(C)nc3)cc12. The zero-order chi connectivity index (χ0) is 19.4. The number of Topliss-reactive ketones (excluding diaryl/α,β-unsaturated/α-hetero) is 1. The van der Waals surface area contributed by atoms with E-state index in [1.54, 1.807) is 17.1 Å². The van der Waals surface area contributed by atoms with Crippen molar-refractivity contribution in [3.05, 3.63) is 42.1 Å². The van der Waals surface area contributed by atoms with E-state index in [9.17, 15) is 9.59 Å². The van der Waals surface area contributed by atoms with E-state index in [0.29, 0.717) is 23.4 Å². The number of likely N-dealkylation sites (tertiary alicyclic amines) is 1. The number of aromatic nitrogens is 4. The number of piperidine rings is 1. The Kier molecular flexibility index (Phi) is 3.79. The molecule has 1 aromatic carbocycles. The van der Waals surface area contributed by atoms with Gasteiger partial charge in [-0.15, -0.1) is 0 Å². The van der Waals surface area contributed by atoms with Gasteiger partial charge in [0.15, 0.2) is 5.78 Å². The zero-order valence-corrected chi connectivity index (χ0v) is 15.9. The summed E-state index contributed by atoms with van der Waals surface area (Å²) < 4.78 is 1.66. The lowest BCUT2D eigenvalue weighted by Crippen LogP contribution is -2.33. The van der Waals surface area contributed by atoms with Gasteiger partial charge in [0.25, 0.3) is 0 Å². The van der Waals surface area contributed by atoms with Gasteiger partial charge in [0.1, 0.15) is 18.1 Å². The summed E-state index contributed by atoms with van der Waals surface area (Å²) in [5.41, 5.74) is 2.98. The third-order valence-corrected chi connectivity index (χ3v) is 5.81. The lowest BCUT2D eigenvalue weighted by molar-refractivity contribution is -0.131. The first-order valence-electron chi connectivity index (χ1n) is 9.58. The van der Waals surface area contributed by atoms with Crippen LogP contribution in [-0.2, 0) is 11.3 Å². The maximum absolute atomic E-state index is 12.7. The number of carbonyl (C=O) groups is 2. The average molecular weight is 375 g/mol. The van der Waals surface area contributed by atoms with Crippen molar-refractivity contribution >= 4 is 22.6 Å². The number of aryl methyl sites for hydroxylation is 1. The second-order valence-electron chi connectivity index (χ2n) is 7.87. The van der Waals surface area contributed by atoms with Crippen LogP contribution in [0.5, 0.6) is 0 Å². The first-order chi connectivity index (χ1) is 13.5. The molecule has 28 heavy (non-hydrogen) atoms. The molecule has 0 unspecified atom stereocenters. The molecule has 0 radical (unpaired) electrons. The summed E-state index contributed by atoms with van der Waals surface area (Å²) in [6.45, 7) is 5.23. The molecule has 0 N–H and O–H groups in total. The van der Waals surface area contributed by atoms with Crippen LogP contribution in [-0.4, -0.2) is 49.4 Å². The van der Waals surface area contributed by atoms with E-state index in [1.165, 1.54) is 13.3 Å². The fourth-order valence-electron chi connectivity index (χ4n) is 4.11. The Hall–Kier alpha value is -3.09. The number of nitrogens with zero attached hydrogens (tertiary/aromatic N) is 5. The molecule has 3 heterocycles. The van der Waals surface area contributed by atoms with Gasteiger partial charge in [0, 0.05) is 43.4 Å². The minimum absolute atomic E-state index is 0.0720. The van der Waals surface area contributed by atoms with Crippen molar-refractivity contribution < 1.29 is 9.59 Å². The molecule has 3 aromatic rings. The van der Waals surface area contributed by atoms with Crippen LogP contribution >= 0.6 is 0 Å². The number of carbonyl (C=O) groups excluding carboxylic acids is 2. The minimum Gasteiger partial charge on any atom is -0.341 e. The smallest absolute Gasteiger partial charge is 0.244 e. The third kappa shape index (κ3) is 2.87. The monoisotopic (exact) mass is 375 g/mol. The molecule has 7 heteroatoms. The number of hydrogen-bond acceptors (Lipinski definition) is 5. The minimum atomic E-state index is -0.115. The zero-order valence-electron chi connectivity index (χ0n) is 15.9. The molecule has 1 amide bonds. The number of hydrogen-bond donors (Lipinski definition) is 0. The van der Waals surface area contributed by atoms with Crippen molar-refractivity contribution in [1.82, 2.24) is 24.6 Å². The van der Waals surface area contributed by atoms with Gasteiger partial charge in [0.05, 0.1) is 5.52 Å². The number of fused-ring (bicyclic) bond motifs is 2. The molecule has 1 saturated carbocycles. The molecule has 2 aromatic heterocycles. The van der Waals surface area contributed by atoms with Crippen molar-refractivity contribution in [3.8, 4) is 11.1 Å². The highest BCUT2D eigenvalue weighted by Crippen LogP contribution is 2.44. The molecule has 2 aliphatic rings. The quantitative estimate of drug-likeness (QED) is 0.655. The average Bonchev–Trinajstić information content (AvgIpc) is 3.13. The van der Waals surface area contributed by atoms with Crippen LogP contribution in [0.2, 0.25) is 0 Å². The molecule has 7 nitrogen and oxygen atoms in total. The summed E-state index contributed by atoms with van der Waals surface area (Å²) in [5, 5.41) is 5.22. The van der Waals surface area contributed by atoms with Crippen molar-refractivity contribution in [2.45, 2.75) is 26.8 Å². The second-order valence-corrected chi connectivity index (χ2v) is 7.87. The fourth-order valence-corrected chi connectivity index (χ4v) is 4.11. The van der Waals surface area contributed by atoms with Crippen LogP contribution in [0.3, 0.4) is 0 Å². The standard InChI is InChI=1S/C21H21N5O2/c1-12(27)21-18-6-14(17-7-22-13(2)23-8-17)3-4-19(18)26(24-21)11-20(28)25-9-15-5-16(15)10-25/h3-4,6-8,15-16H,5,9-11H2,1-2H3/t15-,16+. The van der Waals surface area contributed by atoms with E-state index < -0.39 is 0 Å². The third-order valence-electron chi connectivity index (χ3n) is 5.81. The van der Waals surface area contributed by atoms with Crippen LogP contribution in [0, 0.1) is 18.8 Å². The van der Waals surface area contributed by atoms with Crippen molar-refractivity contribution in [2.75, 3.05) is 13.1 Å². The molecular weight excluding hydrogens is 354 g/mol. The van der Waals surface area contributed by atoms with Gasteiger partial charge in [-0.25, -0.2) is 9.97 Å². The Labute approximate surface area is 162 Å². The molecule has 1 saturated heterocycles. The molecule has 0 bridgehead atoms. The van der Waals surface area contributed by atoms with E-state index in [1.807, 2.05) is 30.0 Å². The molecular formula is C21H21N5O2. The lowest BCUT2D eigenvalue weighted by atomic mass is 10.0. The van der Waals surface area contributed by atoms with Crippen molar-refractivity contribution in [1.29, 1.82) is 0 Å². The van der Waals surface area contributed by atoms with Gasteiger partial charge in [-0.3, -0.25) is 14.3 Å². The predicted molar refractivity (Wildman–Crippen MR) is 104 cm³/mol. The lowest BCUT2D eigenvalue weighted by Gasteiger charge is -2.18. The second kappa shape index (κ2) is 6.22. The van der Waals surface area contributed by atoms with Crippen molar-refractivity contribution in [3.63, 3.8) is 0 Å².